The maximum atomic E-state index is 12.6. The molecular weight excluding hydrogens is 391 g/mol. The van der Waals surface area contributed by atoms with Crippen LogP contribution in [0.5, 0.6) is 0 Å². The minimum Gasteiger partial charge on any atom is -0.465 e. The third kappa shape index (κ3) is 4.13. The predicted molar refractivity (Wildman–Crippen MR) is 102 cm³/mol. The highest BCUT2D eigenvalue weighted by Gasteiger charge is 2.39. The van der Waals surface area contributed by atoms with Crippen molar-refractivity contribution < 1.29 is 19.1 Å². The number of amides is 2. The van der Waals surface area contributed by atoms with E-state index >= 15 is 0 Å². The van der Waals surface area contributed by atoms with E-state index in [-0.39, 0.29) is 18.2 Å². The van der Waals surface area contributed by atoms with Gasteiger partial charge in [-0.1, -0.05) is 29.3 Å². The molecule has 0 aliphatic carbocycles. The van der Waals surface area contributed by atoms with E-state index in [4.69, 9.17) is 23.2 Å². The molecule has 3 rings (SSSR count). The van der Waals surface area contributed by atoms with E-state index in [1.54, 1.807) is 30.3 Å². The number of esters is 1. The molecule has 1 fully saturated rings. The summed E-state index contributed by atoms with van der Waals surface area (Å²) in [4.78, 5) is 37.6. The summed E-state index contributed by atoms with van der Waals surface area (Å²) in [7, 11) is 1.29. The topological polar surface area (TPSA) is 75.7 Å². The predicted octanol–water partition coefficient (Wildman–Crippen LogP) is 3.20. The van der Waals surface area contributed by atoms with Crippen molar-refractivity contribution in [1.29, 1.82) is 0 Å². The Kier molecular flexibility index (Phi) is 5.79. The number of imide groups is 1. The molecule has 0 radical (unpaired) electrons. The highest BCUT2D eigenvalue weighted by Crippen LogP contribution is 2.25. The maximum absolute atomic E-state index is 12.6. The Balaban J connectivity index is 1.69. The van der Waals surface area contributed by atoms with Crippen LogP contribution in [-0.4, -0.2) is 30.9 Å². The number of anilines is 1. The van der Waals surface area contributed by atoms with Gasteiger partial charge in [-0.25, -0.2) is 9.69 Å². The van der Waals surface area contributed by atoms with E-state index in [0.29, 0.717) is 27.8 Å². The third-order valence-corrected chi connectivity index (χ3v) is 4.97. The Morgan fingerprint density at radius 3 is 2.48 bits per heavy atom. The molecule has 1 N–H and O–H groups in total. The lowest BCUT2D eigenvalue weighted by atomic mass is 10.2. The van der Waals surface area contributed by atoms with Crippen molar-refractivity contribution in [3.8, 4) is 0 Å². The van der Waals surface area contributed by atoms with Gasteiger partial charge < -0.3 is 10.1 Å². The van der Waals surface area contributed by atoms with Crippen molar-refractivity contribution >= 4 is 46.7 Å². The van der Waals surface area contributed by atoms with Crippen LogP contribution in [0.1, 0.15) is 22.3 Å². The highest BCUT2D eigenvalue weighted by atomic mass is 35.5. The summed E-state index contributed by atoms with van der Waals surface area (Å²) in [5, 5.41) is 3.96. The van der Waals surface area contributed by atoms with Crippen LogP contribution in [0.25, 0.3) is 0 Å². The quantitative estimate of drug-likeness (QED) is 0.609. The number of ether oxygens (including phenoxy) is 1. The lowest BCUT2D eigenvalue weighted by molar-refractivity contribution is -0.121. The van der Waals surface area contributed by atoms with Crippen LogP contribution in [0, 0.1) is 0 Å². The molecule has 6 nitrogen and oxygen atoms in total. The van der Waals surface area contributed by atoms with E-state index in [1.165, 1.54) is 19.2 Å². The van der Waals surface area contributed by atoms with Crippen LogP contribution in [-0.2, 0) is 20.9 Å². The number of nitrogens with zero attached hydrogens (tertiary/aromatic N) is 1. The Labute approximate surface area is 166 Å². The second kappa shape index (κ2) is 8.08. The van der Waals surface area contributed by atoms with Gasteiger partial charge in [0.2, 0.25) is 5.91 Å². The molecule has 1 saturated heterocycles. The fourth-order valence-electron chi connectivity index (χ4n) is 2.82. The van der Waals surface area contributed by atoms with Crippen molar-refractivity contribution in [2.45, 2.75) is 19.0 Å². The van der Waals surface area contributed by atoms with E-state index in [9.17, 15) is 14.4 Å². The van der Waals surface area contributed by atoms with Gasteiger partial charge in [0.15, 0.2) is 0 Å². The van der Waals surface area contributed by atoms with Crippen molar-refractivity contribution in [3.63, 3.8) is 0 Å². The largest absolute Gasteiger partial charge is 0.465 e. The number of carbonyl (C=O) groups excluding carboxylic acids is 3. The standard InChI is InChI=1S/C19H16Cl2N2O4/c1-27-19(26)12-3-5-13(6-4-12)23-17(24)9-16(18(23)25)22-10-11-2-7-14(20)15(21)8-11/h2-8,16,22H,9-10H2,1H3/t16-/m0/s1. The van der Waals surface area contributed by atoms with Crippen LogP contribution < -0.4 is 10.2 Å². The van der Waals surface area contributed by atoms with E-state index in [1.807, 2.05) is 0 Å². The first-order chi connectivity index (χ1) is 12.9. The zero-order valence-electron chi connectivity index (χ0n) is 14.4. The molecule has 0 unspecified atom stereocenters. The van der Waals surface area contributed by atoms with Gasteiger partial charge in [-0.3, -0.25) is 9.59 Å². The van der Waals surface area contributed by atoms with Crippen molar-refractivity contribution in [2.75, 3.05) is 12.0 Å². The number of halogens is 2. The van der Waals surface area contributed by atoms with E-state index in [2.05, 4.69) is 10.1 Å². The lowest BCUT2D eigenvalue weighted by Crippen LogP contribution is -2.38. The van der Waals surface area contributed by atoms with Crippen LogP contribution in [0.2, 0.25) is 10.0 Å². The molecule has 0 aromatic heterocycles. The summed E-state index contributed by atoms with van der Waals surface area (Å²) in [6, 6.07) is 10.7. The molecule has 2 amide bonds. The smallest absolute Gasteiger partial charge is 0.337 e. The van der Waals surface area contributed by atoms with Gasteiger partial charge in [0.1, 0.15) is 0 Å². The Morgan fingerprint density at radius 2 is 1.85 bits per heavy atom. The zero-order chi connectivity index (χ0) is 19.6. The van der Waals surface area contributed by atoms with Gasteiger partial charge in [0.25, 0.3) is 5.91 Å². The monoisotopic (exact) mass is 406 g/mol. The van der Waals surface area contributed by atoms with Gasteiger partial charge in [-0.05, 0) is 42.0 Å². The second-order valence-electron chi connectivity index (χ2n) is 5.99. The van der Waals surface area contributed by atoms with Gasteiger partial charge >= 0.3 is 5.97 Å². The molecule has 1 atom stereocenters. The summed E-state index contributed by atoms with van der Waals surface area (Å²) in [5.41, 5.74) is 1.61. The number of rotatable bonds is 5. The molecule has 1 aliphatic rings. The van der Waals surface area contributed by atoms with Gasteiger partial charge in [-0.2, -0.15) is 0 Å². The maximum Gasteiger partial charge on any atom is 0.337 e. The van der Waals surface area contributed by atoms with Crippen molar-refractivity contribution in [3.05, 3.63) is 63.6 Å². The normalized spacial score (nSPS) is 16.7. The molecule has 1 aliphatic heterocycles. The Hall–Kier alpha value is -2.41. The first-order valence-electron chi connectivity index (χ1n) is 8.13. The number of carbonyl (C=O) groups is 3. The second-order valence-corrected chi connectivity index (χ2v) is 6.81. The molecule has 1 heterocycles. The number of nitrogens with one attached hydrogen (secondary N) is 1. The Morgan fingerprint density at radius 1 is 1.15 bits per heavy atom. The van der Waals surface area contributed by atoms with Crippen molar-refractivity contribution in [2.24, 2.45) is 0 Å². The molecule has 0 spiro atoms. The average Bonchev–Trinajstić information content (AvgIpc) is 2.95. The zero-order valence-corrected chi connectivity index (χ0v) is 15.9. The molecule has 2 aromatic carbocycles. The van der Waals surface area contributed by atoms with Crippen LogP contribution >= 0.6 is 23.2 Å². The summed E-state index contributed by atoms with van der Waals surface area (Å²) >= 11 is 11.9. The molecule has 27 heavy (non-hydrogen) atoms. The summed E-state index contributed by atoms with van der Waals surface area (Å²) < 4.78 is 4.64. The first kappa shape index (κ1) is 19.4. The van der Waals surface area contributed by atoms with E-state index < -0.39 is 12.0 Å². The number of benzene rings is 2. The van der Waals surface area contributed by atoms with Crippen LogP contribution in [0.3, 0.4) is 0 Å². The first-order valence-corrected chi connectivity index (χ1v) is 8.89. The lowest BCUT2D eigenvalue weighted by Gasteiger charge is -2.16. The van der Waals surface area contributed by atoms with Gasteiger partial charge in [0.05, 0.1) is 40.9 Å². The Bertz CT molecular complexity index is 899. The number of methoxy groups -OCH3 is 1. The van der Waals surface area contributed by atoms with Gasteiger partial charge in [0, 0.05) is 6.54 Å². The fraction of sp³-hybridized carbons (Fsp3) is 0.211. The van der Waals surface area contributed by atoms with Gasteiger partial charge in [-0.15, -0.1) is 0 Å². The molecule has 0 bridgehead atoms. The molecule has 2 aromatic rings. The fourth-order valence-corrected chi connectivity index (χ4v) is 3.14. The summed E-state index contributed by atoms with van der Waals surface area (Å²) in [6.45, 7) is 0.371. The SMILES string of the molecule is COC(=O)c1ccc(N2C(=O)C[C@H](NCc3ccc(Cl)c(Cl)c3)C2=O)cc1. The number of hydrogen-bond acceptors (Lipinski definition) is 5. The number of hydrogen-bond donors (Lipinski definition) is 1. The van der Waals surface area contributed by atoms with E-state index in [0.717, 1.165) is 10.5 Å². The van der Waals surface area contributed by atoms with Crippen molar-refractivity contribution in [1.82, 2.24) is 5.32 Å². The summed E-state index contributed by atoms with van der Waals surface area (Å²) in [5.74, 6) is -1.13. The summed E-state index contributed by atoms with van der Waals surface area (Å²) in [6.07, 6.45) is 0.0545. The minimum absolute atomic E-state index is 0.0545. The molecule has 0 saturated carbocycles. The van der Waals surface area contributed by atoms with Crippen LogP contribution in [0.4, 0.5) is 5.69 Å². The highest BCUT2D eigenvalue weighted by molar-refractivity contribution is 6.42. The third-order valence-electron chi connectivity index (χ3n) is 4.23. The van der Waals surface area contributed by atoms with Crippen LogP contribution in [0.15, 0.2) is 42.5 Å². The molecule has 140 valence electrons. The average molecular weight is 407 g/mol. The molecule has 8 heteroatoms. The molecular formula is C19H16Cl2N2O4. The minimum atomic E-state index is -0.632.